The number of hydrogen-bond donors (Lipinski definition) is 2. The lowest BCUT2D eigenvalue weighted by Gasteiger charge is -2.19. The molecule has 6 heteroatoms. The summed E-state index contributed by atoms with van der Waals surface area (Å²) in [6.45, 7) is 5.17. The fourth-order valence-corrected chi connectivity index (χ4v) is 2.95. The Bertz CT molecular complexity index is 1020. The van der Waals surface area contributed by atoms with Crippen LogP contribution in [0.3, 0.4) is 0 Å². The predicted molar refractivity (Wildman–Crippen MR) is 109 cm³/mol. The van der Waals surface area contributed by atoms with Crippen molar-refractivity contribution in [3.63, 3.8) is 0 Å². The zero-order valence-corrected chi connectivity index (χ0v) is 15.8. The second-order valence-electron chi connectivity index (χ2n) is 6.62. The van der Waals surface area contributed by atoms with Crippen LogP contribution in [0.15, 0.2) is 54.7 Å². The smallest absolute Gasteiger partial charge is 0.257 e. The molecule has 0 spiro atoms. The van der Waals surface area contributed by atoms with Gasteiger partial charge in [0.2, 0.25) is 0 Å². The Kier molecular flexibility index (Phi) is 4.85. The Morgan fingerprint density at radius 1 is 1.00 bits per heavy atom. The fraction of sp³-hybridized carbons (Fsp3) is 0.182. The zero-order valence-electron chi connectivity index (χ0n) is 15.8. The van der Waals surface area contributed by atoms with Crippen LogP contribution in [0.1, 0.15) is 21.5 Å². The molecule has 0 fully saturated rings. The minimum Gasteiger partial charge on any atom is -0.486 e. The van der Waals surface area contributed by atoms with E-state index in [4.69, 9.17) is 9.47 Å². The topological polar surface area (TPSA) is 72.5 Å². The van der Waals surface area contributed by atoms with E-state index in [9.17, 15) is 4.79 Å². The van der Waals surface area contributed by atoms with E-state index in [2.05, 4.69) is 35.5 Å². The Labute approximate surface area is 163 Å². The second-order valence-corrected chi connectivity index (χ2v) is 6.62. The highest BCUT2D eigenvalue weighted by atomic mass is 16.6. The molecule has 1 aromatic heterocycles. The number of carbonyl (C=O) groups excluding carboxylic acids is 1. The van der Waals surface area contributed by atoms with Crippen molar-refractivity contribution in [1.29, 1.82) is 0 Å². The van der Waals surface area contributed by atoms with Crippen molar-refractivity contribution in [2.75, 3.05) is 23.8 Å². The molecule has 1 amide bonds. The molecule has 0 saturated carbocycles. The monoisotopic (exact) mass is 375 g/mol. The largest absolute Gasteiger partial charge is 0.486 e. The van der Waals surface area contributed by atoms with Gasteiger partial charge in [-0.25, -0.2) is 4.98 Å². The minimum atomic E-state index is -0.234. The average Bonchev–Trinajstić information content (AvgIpc) is 2.72. The summed E-state index contributed by atoms with van der Waals surface area (Å²) in [4.78, 5) is 16.9. The number of anilines is 3. The summed E-state index contributed by atoms with van der Waals surface area (Å²) in [7, 11) is 0. The SMILES string of the molecule is Cc1cccc(Nc2ccc(C(=O)Nc3ccc4c(c3)OCCO4)cn2)c1C. The third kappa shape index (κ3) is 3.76. The molecule has 0 unspecified atom stereocenters. The number of amides is 1. The van der Waals surface area contributed by atoms with Crippen LogP contribution < -0.4 is 20.1 Å². The van der Waals surface area contributed by atoms with Gasteiger partial charge in [0.15, 0.2) is 11.5 Å². The molecular weight excluding hydrogens is 354 g/mol. The molecule has 2 N–H and O–H groups in total. The highest BCUT2D eigenvalue weighted by Crippen LogP contribution is 2.32. The summed E-state index contributed by atoms with van der Waals surface area (Å²) in [6, 6.07) is 14.9. The van der Waals surface area contributed by atoms with Crippen LogP contribution in [-0.2, 0) is 0 Å². The van der Waals surface area contributed by atoms with Gasteiger partial charge in [-0.2, -0.15) is 0 Å². The third-order valence-corrected chi connectivity index (χ3v) is 4.69. The van der Waals surface area contributed by atoms with Crippen LogP contribution >= 0.6 is 0 Å². The average molecular weight is 375 g/mol. The number of benzene rings is 2. The van der Waals surface area contributed by atoms with Crippen LogP contribution in [0.25, 0.3) is 0 Å². The van der Waals surface area contributed by atoms with Gasteiger partial charge in [0.05, 0.1) is 5.56 Å². The zero-order chi connectivity index (χ0) is 19.5. The fourth-order valence-electron chi connectivity index (χ4n) is 2.95. The predicted octanol–water partition coefficient (Wildman–Crippen LogP) is 4.47. The molecule has 0 aliphatic carbocycles. The minimum absolute atomic E-state index is 0.234. The number of rotatable bonds is 4. The number of fused-ring (bicyclic) bond motifs is 1. The molecule has 1 aliphatic rings. The van der Waals surface area contributed by atoms with Crippen molar-refractivity contribution in [2.24, 2.45) is 0 Å². The van der Waals surface area contributed by atoms with Crippen molar-refractivity contribution in [2.45, 2.75) is 13.8 Å². The molecule has 1 aliphatic heterocycles. The lowest BCUT2D eigenvalue weighted by molar-refractivity contribution is 0.102. The number of aryl methyl sites for hydroxylation is 1. The van der Waals surface area contributed by atoms with Crippen LogP contribution in [0.2, 0.25) is 0 Å². The number of aromatic nitrogens is 1. The normalized spacial score (nSPS) is 12.4. The molecule has 2 heterocycles. The van der Waals surface area contributed by atoms with E-state index in [1.807, 2.05) is 12.1 Å². The van der Waals surface area contributed by atoms with Gasteiger partial charge in [0, 0.05) is 23.6 Å². The highest BCUT2D eigenvalue weighted by molar-refractivity contribution is 6.04. The van der Waals surface area contributed by atoms with Crippen molar-refractivity contribution in [1.82, 2.24) is 4.98 Å². The second kappa shape index (κ2) is 7.60. The van der Waals surface area contributed by atoms with E-state index in [1.165, 1.54) is 11.1 Å². The van der Waals surface area contributed by atoms with Crippen molar-refractivity contribution >= 4 is 23.1 Å². The van der Waals surface area contributed by atoms with Gasteiger partial charge in [-0.1, -0.05) is 12.1 Å². The Hall–Kier alpha value is -3.54. The molecule has 3 aromatic rings. The highest BCUT2D eigenvalue weighted by Gasteiger charge is 2.14. The first-order valence-electron chi connectivity index (χ1n) is 9.10. The van der Waals surface area contributed by atoms with Crippen molar-refractivity contribution in [3.05, 3.63) is 71.4 Å². The molecule has 0 saturated heterocycles. The van der Waals surface area contributed by atoms with Gasteiger partial charge in [-0.05, 0) is 55.3 Å². The molecule has 6 nitrogen and oxygen atoms in total. The Balaban J connectivity index is 1.45. The number of nitrogens with one attached hydrogen (secondary N) is 2. The van der Waals surface area contributed by atoms with Crippen molar-refractivity contribution < 1.29 is 14.3 Å². The van der Waals surface area contributed by atoms with Gasteiger partial charge in [0.1, 0.15) is 19.0 Å². The molecule has 0 atom stereocenters. The summed E-state index contributed by atoms with van der Waals surface area (Å²) in [6.07, 6.45) is 1.56. The number of pyridine rings is 1. The first kappa shape index (κ1) is 17.9. The number of ether oxygens (including phenoxy) is 2. The van der Waals surface area contributed by atoms with Crippen LogP contribution in [0, 0.1) is 13.8 Å². The number of nitrogens with zero attached hydrogens (tertiary/aromatic N) is 1. The van der Waals surface area contributed by atoms with Crippen molar-refractivity contribution in [3.8, 4) is 11.5 Å². The Morgan fingerprint density at radius 3 is 2.61 bits per heavy atom. The van der Waals surface area contributed by atoms with Gasteiger partial charge >= 0.3 is 0 Å². The maximum absolute atomic E-state index is 12.5. The first-order valence-corrected chi connectivity index (χ1v) is 9.10. The summed E-state index contributed by atoms with van der Waals surface area (Å²) < 4.78 is 11.0. The third-order valence-electron chi connectivity index (χ3n) is 4.69. The molecule has 4 rings (SSSR count). The summed E-state index contributed by atoms with van der Waals surface area (Å²) >= 11 is 0. The molecule has 2 aromatic carbocycles. The number of hydrogen-bond acceptors (Lipinski definition) is 5. The van der Waals surface area contributed by atoms with Crippen LogP contribution in [0.5, 0.6) is 11.5 Å². The van der Waals surface area contributed by atoms with Gasteiger partial charge in [-0.15, -0.1) is 0 Å². The Morgan fingerprint density at radius 2 is 1.82 bits per heavy atom. The summed E-state index contributed by atoms with van der Waals surface area (Å²) in [5.74, 6) is 1.77. The molecule has 0 bridgehead atoms. The summed E-state index contributed by atoms with van der Waals surface area (Å²) in [5.41, 5.74) is 4.50. The van der Waals surface area contributed by atoms with E-state index >= 15 is 0 Å². The summed E-state index contributed by atoms with van der Waals surface area (Å²) in [5, 5.41) is 6.15. The quantitative estimate of drug-likeness (QED) is 0.704. The van der Waals surface area contributed by atoms with Crippen LogP contribution in [0.4, 0.5) is 17.2 Å². The van der Waals surface area contributed by atoms with E-state index in [1.54, 1.807) is 36.5 Å². The lowest BCUT2D eigenvalue weighted by atomic mass is 10.1. The molecule has 28 heavy (non-hydrogen) atoms. The maximum Gasteiger partial charge on any atom is 0.257 e. The van der Waals surface area contributed by atoms with E-state index in [0.717, 1.165) is 5.69 Å². The van der Waals surface area contributed by atoms with E-state index in [-0.39, 0.29) is 5.91 Å². The standard InChI is InChI=1S/C22H21N3O3/c1-14-4-3-5-18(15(14)2)25-21-9-6-16(13-23-21)22(26)24-17-7-8-19-20(12-17)28-11-10-27-19/h3-9,12-13H,10-11H2,1-2H3,(H,23,25)(H,24,26). The first-order chi connectivity index (χ1) is 13.6. The molecule has 142 valence electrons. The van der Waals surface area contributed by atoms with Gasteiger partial charge < -0.3 is 20.1 Å². The molecular formula is C22H21N3O3. The van der Waals surface area contributed by atoms with E-state index < -0.39 is 0 Å². The lowest BCUT2D eigenvalue weighted by Crippen LogP contribution is -2.16. The van der Waals surface area contributed by atoms with Crippen LogP contribution in [-0.4, -0.2) is 24.1 Å². The number of carbonyl (C=O) groups is 1. The molecule has 0 radical (unpaired) electrons. The maximum atomic E-state index is 12.5. The van der Waals surface area contributed by atoms with Gasteiger partial charge in [-0.3, -0.25) is 4.79 Å². The van der Waals surface area contributed by atoms with Gasteiger partial charge in [0.25, 0.3) is 5.91 Å². The van der Waals surface area contributed by atoms with E-state index in [0.29, 0.717) is 41.8 Å².